The first-order valence-corrected chi connectivity index (χ1v) is 10.4. The van der Waals surface area contributed by atoms with Gasteiger partial charge in [-0.25, -0.2) is 4.52 Å². The minimum absolute atomic E-state index is 0.0863. The molecule has 148 valence electrons. The molecule has 0 saturated heterocycles. The molecule has 0 radical (unpaired) electrons. The monoisotopic (exact) mass is 407 g/mol. The number of nitrogens with zero attached hydrogens (tertiary/aromatic N) is 5. The third kappa shape index (κ3) is 2.94. The molecular formula is C22H22ClN5O. The van der Waals surface area contributed by atoms with E-state index in [0.29, 0.717) is 27.6 Å². The van der Waals surface area contributed by atoms with Gasteiger partial charge in [-0.05, 0) is 49.4 Å². The Morgan fingerprint density at radius 1 is 1.07 bits per heavy atom. The minimum Gasteiger partial charge on any atom is -0.310 e. The van der Waals surface area contributed by atoms with Crippen LogP contribution in [0.1, 0.15) is 44.3 Å². The van der Waals surface area contributed by atoms with Crippen molar-refractivity contribution in [2.75, 3.05) is 0 Å². The number of hydrogen-bond donors (Lipinski definition) is 0. The third-order valence-electron chi connectivity index (χ3n) is 6.14. The standard InChI is InChI=1S/C22H22ClN5O/c1-13-5-3-4-6-17(13)27-12-11-18-20(22(27)29)24-25-21-19(14(2)26-28(18)21)15-7-9-16(23)10-8-15/h7-13,17H,3-6H2,1-2H3. The molecule has 1 saturated carbocycles. The predicted octanol–water partition coefficient (Wildman–Crippen LogP) is 4.82. The van der Waals surface area contributed by atoms with E-state index in [2.05, 4.69) is 22.2 Å². The first kappa shape index (κ1) is 18.3. The quantitative estimate of drug-likeness (QED) is 0.478. The topological polar surface area (TPSA) is 65.1 Å². The van der Waals surface area contributed by atoms with Crippen molar-refractivity contribution in [3.05, 3.63) is 57.6 Å². The van der Waals surface area contributed by atoms with Gasteiger partial charge in [-0.1, -0.05) is 43.5 Å². The Bertz CT molecular complexity index is 1270. The number of fused-ring (bicyclic) bond motifs is 3. The van der Waals surface area contributed by atoms with E-state index in [1.54, 1.807) is 4.52 Å². The Hall–Kier alpha value is -2.73. The van der Waals surface area contributed by atoms with Crippen LogP contribution in [0.25, 0.3) is 27.8 Å². The van der Waals surface area contributed by atoms with Gasteiger partial charge < -0.3 is 4.57 Å². The van der Waals surface area contributed by atoms with Crippen LogP contribution in [0, 0.1) is 12.8 Å². The number of aryl methyl sites for hydroxylation is 1. The highest BCUT2D eigenvalue weighted by Gasteiger charge is 2.25. The number of pyridine rings is 1. The zero-order chi connectivity index (χ0) is 20.1. The molecule has 0 bridgehead atoms. The number of aromatic nitrogens is 5. The van der Waals surface area contributed by atoms with Crippen LogP contribution < -0.4 is 5.56 Å². The SMILES string of the molecule is Cc1nn2c(nnc3c(=O)n(C4CCCCC4C)ccc32)c1-c1ccc(Cl)cc1. The van der Waals surface area contributed by atoms with Crippen molar-refractivity contribution in [1.29, 1.82) is 0 Å². The molecule has 3 heterocycles. The van der Waals surface area contributed by atoms with Crippen LogP contribution in [0.5, 0.6) is 0 Å². The zero-order valence-electron chi connectivity index (χ0n) is 16.5. The van der Waals surface area contributed by atoms with Crippen LogP contribution in [0.3, 0.4) is 0 Å². The number of hydrogen-bond acceptors (Lipinski definition) is 4. The molecule has 3 aromatic heterocycles. The summed E-state index contributed by atoms with van der Waals surface area (Å²) >= 11 is 6.03. The molecule has 0 amide bonds. The molecular weight excluding hydrogens is 386 g/mol. The average Bonchev–Trinajstić information content (AvgIpc) is 3.06. The summed E-state index contributed by atoms with van der Waals surface area (Å²) in [6.45, 7) is 4.17. The number of benzene rings is 1. The molecule has 4 aromatic rings. The summed E-state index contributed by atoms with van der Waals surface area (Å²) in [5.74, 6) is 0.485. The van der Waals surface area contributed by atoms with E-state index in [1.807, 2.05) is 48.0 Å². The van der Waals surface area contributed by atoms with E-state index >= 15 is 0 Å². The third-order valence-corrected chi connectivity index (χ3v) is 6.39. The lowest BCUT2D eigenvalue weighted by Crippen LogP contribution is -2.31. The number of halogens is 1. The van der Waals surface area contributed by atoms with Crippen molar-refractivity contribution < 1.29 is 0 Å². The molecule has 29 heavy (non-hydrogen) atoms. The van der Waals surface area contributed by atoms with Crippen LogP contribution in [0.4, 0.5) is 0 Å². The van der Waals surface area contributed by atoms with Crippen molar-refractivity contribution in [2.24, 2.45) is 5.92 Å². The Morgan fingerprint density at radius 3 is 2.59 bits per heavy atom. The molecule has 1 aromatic carbocycles. The van der Waals surface area contributed by atoms with E-state index < -0.39 is 0 Å². The van der Waals surface area contributed by atoms with Gasteiger partial charge in [-0.2, -0.15) is 5.10 Å². The Kier molecular flexibility index (Phi) is 4.39. The molecule has 0 spiro atoms. The van der Waals surface area contributed by atoms with Crippen LogP contribution in [0.2, 0.25) is 5.02 Å². The van der Waals surface area contributed by atoms with Crippen molar-refractivity contribution in [3.63, 3.8) is 0 Å². The lowest BCUT2D eigenvalue weighted by Gasteiger charge is -2.30. The maximum Gasteiger partial charge on any atom is 0.280 e. The molecule has 2 atom stereocenters. The van der Waals surface area contributed by atoms with Crippen molar-refractivity contribution in [3.8, 4) is 11.1 Å². The molecule has 5 rings (SSSR count). The van der Waals surface area contributed by atoms with E-state index in [1.165, 1.54) is 6.42 Å². The predicted molar refractivity (Wildman–Crippen MR) is 114 cm³/mol. The average molecular weight is 408 g/mol. The summed E-state index contributed by atoms with van der Waals surface area (Å²) in [7, 11) is 0. The fourth-order valence-electron chi connectivity index (χ4n) is 4.59. The first-order valence-electron chi connectivity index (χ1n) is 10.1. The summed E-state index contributed by atoms with van der Waals surface area (Å²) in [5, 5.41) is 14.1. The summed E-state index contributed by atoms with van der Waals surface area (Å²) < 4.78 is 3.58. The first-order chi connectivity index (χ1) is 14.0. The number of rotatable bonds is 2. The molecule has 0 aliphatic heterocycles. The van der Waals surface area contributed by atoms with Gasteiger partial charge in [0.1, 0.15) is 5.52 Å². The summed E-state index contributed by atoms with van der Waals surface area (Å²) in [6.07, 6.45) is 6.48. The van der Waals surface area contributed by atoms with Crippen molar-refractivity contribution in [1.82, 2.24) is 24.4 Å². The van der Waals surface area contributed by atoms with Crippen molar-refractivity contribution >= 4 is 28.3 Å². The maximum atomic E-state index is 13.2. The van der Waals surface area contributed by atoms with Crippen LogP contribution >= 0.6 is 11.6 Å². The lowest BCUT2D eigenvalue weighted by molar-refractivity contribution is 0.253. The lowest BCUT2D eigenvalue weighted by atomic mass is 9.85. The van der Waals surface area contributed by atoms with Gasteiger partial charge in [0.15, 0.2) is 11.2 Å². The summed E-state index contributed by atoms with van der Waals surface area (Å²) in [6, 6.07) is 9.75. The Labute approximate surface area is 173 Å². The van der Waals surface area contributed by atoms with Gasteiger partial charge in [0, 0.05) is 17.3 Å². The molecule has 2 unspecified atom stereocenters. The van der Waals surface area contributed by atoms with Gasteiger partial charge in [-0.15, -0.1) is 10.2 Å². The van der Waals surface area contributed by atoms with Crippen LogP contribution in [0.15, 0.2) is 41.3 Å². The summed E-state index contributed by atoms with van der Waals surface area (Å²) in [4.78, 5) is 13.2. The smallest absolute Gasteiger partial charge is 0.280 e. The van der Waals surface area contributed by atoms with Crippen molar-refractivity contribution in [2.45, 2.75) is 45.6 Å². The molecule has 1 fully saturated rings. The molecule has 1 aliphatic carbocycles. The summed E-state index contributed by atoms with van der Waals surface area (Å²) in [5.41, 5.74) is 4.31. The van der Waals surface area contributed by atoms with Gasteiger partial charge in [0.25, 0.3) is 5.56 Å². The van der Waals surface area contributed by atoms with E-state index in [-0.39, 0.29) is 11.6 Å². The minimum atomic E-state index is -0.0863. The maximum absolute atomic E-state index is 13.2. The fourth-order valence-corrected chi connectivity index (χ4v) is 4.72. The van der Waals surface area contributed by atoms with Gasteiger partial charge in [0.2, 0.25) is 0 Å². The molecule has 7 heteroatoms. The highest BCUT2D eigenvalue weighted by atomic mass is 35.5. The van der Waals surface area contributed by atoms with E-state index in [4.69, 9.17) is 11.6 Å². The van der Waals surface area contributed by atoms with Gasteiger partial charge in [-0.3, -0.25) is 4.79 Å². The molecule has 1 aliphatic rings. The molecule has 0 N–H and O–H groups in total. The second-order valence-corrected chi connectivity index (χ2v) is 8.43. The van der Waals surface area contributed by atoms with E-state index in [9.17, 15) is 4.79 Å². The van der Waals surface area contributed by atoms with Crippen LogP contribution in [-0.2, 0) is 0 Å². The Morgan fingerprint density at radius 2 is 1.83 bits per heavy atom. The second-order valence-electron chi connectivity index (χ2n) is 7.99. The van der Waals surface area contributed by atoms with Gasteiger partial charge >= 0.3 is 0 Å². The highest BCUT2D eigenvalue weighted by molar-refractivity contribution is 6.30. The second kappa shape index (κ2) is 6.95. The normalized spacial score (nSPS) is 19.8. The largest absolute Gasteiger partial charge is 0.310 e. The Balaban J connectivity index is 1.70. The fraction of sp³-hybridized carbons (Fsp3) is 0.364. The van der Waals surface area contributed by atoms with Crippen LogP contribution in [-0.4, -0.2) is 24.4 Å². The van der Waals surface area contributed by atoms with E-state index in [0.717, 1.165) is 36.1 Å². The zero-order valence-corrected chi connectivity index (χ0v) is 17.2. The highest BCUT2D eigenvalue weighted by Crippen LogP contribution is 2.33. The van der Waals surface area contributed by atoms with Gasteiger partial charge in [0.05, 0.1) is 11.3 Å². The molecule has 6 nitrogen and oxygen atoms in total.